The predicted octanol–water partition coefficient (Wildman–Crippen LogP) is 5.00. The monoisotopic (exact) mass is 512 g/mol. The quantitative estimate of drug-likeness (QED) is 0.323. The van der Waals surface area contributed by atoms with Crippen molar-refractivity contribution in [2.45, 2.75) is 37.1 Å². The molecule has 3 unspecified atom stereocenters. The van der Waals surface area contributed by atoms with Crippen molar-refractivity contribution in [3.05, 3.63) is 77.1 Å². The minimum Gasteiger partial charge on any atom is -0.494 e. The molecule has 0 amide bonds. The number of aromatic hydroxyl groups is 2. The van der Waals surface area contributed by atoms with E-state index in [4.69, 9.17) is 25.5 Å². The van der Waals surface area contributed by atoms with Gasteiger partial charge in [0, 0.05) is 18.9 Å². The fraction of sp³-hybridized carbons (Fsp3) is 0.276. The molecule has 192 valence electrons. The maximum absolute atomic E-state index is 11.6. The van der Waals surface area contributed by atoms with Gasteiger partial charge in [0.1, 0.15) is 17.0 Å². The molecule has 9 heteroatoms. The van der Waals surface area contributed by atoms with E-state index in [9.17, 15) is 15.3 Å². The summed E-state index contributed by atoms with van der Waals surface area (Å²) in [6.45, 7) is 9.64. The lowest BCUT2D eigenvalue weighted by Crippen LogP contribution is -2.33. The molecule has 1 aromatic heterocycles. The average Bonchev–Trinajstić information content (AvgIpc) is 3.62. The number of hydrogen-bond acceptors (Lipinski definition) is 7. The summed E-state index contributed by atoms with van der Waals surface area (Å²) in [5.74, 6) is 1.52. The van der Waals surface area contributed by atoms with Gasteiger partial charge >= 0.3 is 0 Å². The molecule has 1 saturated heterocycles. The molecule has 3 N–H and O–H groups in total. The summed E-state index contributed by atoms with van der Waals surface area (Å²) >= 11 is 0. The van der Waals surface area contributed by atoms with Crippen LogP contribution in [0.2, 0.25) is 0 Å². The van der Waals surface area contributed by atoms with Crippen molar-refractivity contribution in [3.8, 4) is 34.7 Å². The van der Waals surface area contributed by atoms with Crippen molar-refractivity contribution < 1.29 is 34.3 Å². The van der Waals surface area contributed by atoms with Crippen LogP contribution < -0.4 is 14.2 Å². The molecule has 0 spiro atoms. The van der Waals surface area contributed by atoms with E-state index in [1.165, 1.54) is 4.57 Å². The molecule has 1 fully saturated rings. The van der Waals surface area contributed by atoms with Gasteiger partial charge in [-0.2, -0.15) is 0 Å². The van der Waals surface area contributed by atoms with Gasteiger partial charge in [-0.1, -0.05) is 30.3 Å². The van der Waals surface area contributed by atoms with E-state index in [0.29, 0.717) is 56.9 Å². The van der Waals surface area contributed by atoms with Gasteiger partial charge in [-0.3, -0.25) is 4.57 Å². The largest absolute Gasteiger partial charge is 0.494 e. The van der Waals surface area contributed by atoms with E-state index >= 15 is 0 Å². The average molecular weight is 513 g/mol. The molecule has 4 heterocycles. The third-order valence-corrected chi connectivity index (χ3v) is 8.00. The molecule has 2 bridgehead atoms. The first kappa shape index (κ1) is 22.8. The van der Waals surface area contributed by atoms with Gasteiger partial charge in [0.25, 0.3) is 0 Å². The molecular weight excluding hydrogens is 488 g/mol. The van der Waals surface area contributed by atoms with Crippen molar-refractivity contribution >= 4 is 16.5 Å². The molecule has 3 aromatic carbocycles. The first-order valence-corrected chi connectivity index (χ1v) is 12.3. The maximum atomic E-state index is 11.6. The van der Waals surface area contributed by atoms with Gasteiger partial charge in [-0.05, 0) is 35.9 Å². The number of aliphatic hydroxyl groups excluding tert-OH is 1. The number of rotatable bonds is 5. The Hall–Kier alpha value is -4.39. The van der Waals surface area contributed by atoms with Crippen molar-refractivity contribution in [1.82, 2.24) is 4.57 Å². The Labute approximate surface area is 217 Å². The van der Waals surface area contributed by atoms with E-state index in [1.807, 2.05) is 24.3 Å². The highest BCUT2D eigenvalue weighted by molar-refractivity contribution is 6.00. The molecule has 3 aliphatic rings. The zero-order chi connectivity index (χ0) is 26.2. The van der Waals surface area contributed by atoms with E-state index in [2.05, 4.69) is 4.85 Å². The fourth-order valence-electron chi connectivity index (χ4n) is 6.21. The van der Waals surface area contributed by atoms with Crippen LogP contribution in [0.5, 0.6) is 29.0 Å². The molecule has 0 aliphatic carbocycles. The Bertz CT molecular complexity index is 1670. The van der Waals surface area contributed by atoms with Crippen LogP contribution in [0.3, 0.4) is 0 Å². The second-order valence-electron chi connectivity index (χ2n) is 10.0. The number of aliphatic hydroxyl groups is 1. The van der Waals surface area contributed by atoms with Gasteiger partial charge in [-0.25, -0.2) is 4.85 Å². The van der Waals surface area contributed by atoms with E-state index < -0.39 is 17.3 Å². The molecule has 3 atom stereocenters. The van der Waals surface area contributed by atoms with Crippen molar-refractivity contribution in [2.75, 3.05) is 13.4 Å². The lowest BCUT2D eigenvalue weighted by Gasteiger charge is -2.26. The molecule has 0 radical (unpaired) electrons. The number of fused-ring (bicyclic) bond motifs is 7. The zero-order valence-corrected chi connectivity index (χ0v) is 20.5. The van der Waals surface area contributed by atoms with Crippen LogP contribution >= 0.6 is 0 Å². The van der Waals surface area contributed by atoms with Gasteiger partial charge in [-0.15, -0.1) is 0 Å². The Kier molecular flexibility index (Phi) is 4.68. The topological polar surface area (TPSA) is 107 Å². The Balaban J connectivity index is 1.29. The summed E-state index contributed by atoms with van der Waals surface area (Å²) in [5.41, 5.74) is -0.426. The van der Waals surface area contributed by atoms with Crippen LogP contribution in [0.25, 0.3) is 21.3 Å². The second-order valence-corrected chi connectivity index (χ2v) is 10.0. The third kappa shape index (κ3) is 2.93. The molecule has 9 nitrogen and oxygen atoms in total. The van der Waals surface area contributed by atoms with Crippen LogP contribution in [-0.2, 0) is 15.9 Å². The summed E-state index contributed by atoms with van der Waals surface area (Å²) in [4.78, 5) is 3.61. The lowest BCUT2D eigenvalue weighted by atomic mass is 9.76. The summed E-state index contributed by atoms with van der Waals surface area (Å²) in [7, 11) is 0. The lowest BCUT2D eigenvalue weighted by molar-refractivity contribution is -0.107. The molecule has 38 heavy (non-hydrogen) atoms. The molecule has 0 saturated carbocycles. The van der Waals surface area contributed by atoms with Crippen LogP contribution in [-0.4, -0.2) is 39.4 Å². The van der Waals surface area contributed by atoms with Crippen LogP contribution in [0, 0.1) is 6.57 Å². The first-order valence-electron chi connectivity index (χ1n) is 12.3. The van der Waals surface area contributed by atoms with Crippen molar-refractivity contribution in [2.24, 2.45) is 0 Å². The van der Waals surface area contributed by atoms with Gasteiger partial charge in [0.15, 0.2) is 17.2 Å². The minimum atomic E-state index is -1.20. The van der Waals surface area contributed by atoms with Gasteiger partial charge in [0.2, 0.25) is 18.6 Å². The summed E-state index contributed by atoms with van der Waals surface area (Å²) in [6.07, 6.45) is -0.312. The molecule has 3 aliphatic heterocycles. The first-order chi connectivity index (χ1) is 18.4. The summed E-state index contributed by atoms with van der Waals surface area (Å²) in [6, 6.07) is 16.1. The van der Waals surface area contributed by atoms with Gasteiger partial charge < -0.3 is 34.3 Å². The Morgan fingerprint density at radius 1 is 1.03 bits per heavy atom. The number of ether oxygens (including phenoxy) is 4. The standard InChI is InChI=1S/C29H24N2O7/c1-28-23(32)14-29(38-28,11-12-35-16-7-10-21-22(13-16)37-15-36-21)25-24(28)26(33)31(27(25)34)20-9-8-19(30-2)17-5-3-4-6-18(17)20/h3-10,13,23,32-34H,11-12,14-15H2,1H3. The van der Waals surface area contributed by atoms with Crippen LogP contribution in [0.1, 0.15) is 30.9 Å². The van der Waals surface area contributed by atoms with E-state index in [-0.39, 0.29) is 31.6 Å². The summed E-state index contributed by atoms with van der Waals surface area (Å²) < 4.78 is 24.6. The van der Waals surface area contributed by atoms with Crippen LogP contribution in [0.4, 0.5) is 5.69 Å². The highest BCUT2D eigenvalue weighted by atomic mass is 16.7. The number of hydrogen-bond donors (Lipinski definition) is 3. The minimum absolute atomic E-state index is 0.156. The molecule has 4 aromatic rings. The number of nitrogens with zero attached hydrogens (tertiary/aromatic N) is 2. The molecular formula is C29H24N2O7. The zero-order valence-electron chi connectivity index (χ0n) is 20.5. The SMILES string of the molecule is [C-]#[N+]c1ccc(-n2c(O)c3c(c2O)C2(C)OC3(CCOc3ccc4c(c3)OCO4)CC2O)c2ccccc12. The fourth-order valence-corrected chi connectivity index (χ4v) is 6.21. The highest BCUT2D eigenvalue weighted by Gasteiger charge is 2.66. The Morgan fingerprint density at radius 3 is 2.61 bits per heavy atom. The maximum Gasteiger partial charge on any atom is 0.231 e. The Morgan fingerprint density at radius 2 is 1.79 bits per heavy atom. The van der Waals surface area contributed by atoms with Crippen molar-refractivity contribution in [3.63, 3.8) is 0 Å². The highest BCUT2D eigenvalue weighted by Crippen LogP contribution is 2.65. The van der Waals surface area contributed by atoms with Crippen molar-refractivity contribution in [1.29, 1.82) is 0 Å². The predicted molar refractivity (Wildman–Crippen MR) is 136 cm³/mol. The smallest absolute Gasteiger partial charge is 0.231 e. The third-order valence-electron chi connectivity index (χ3n) is 8.00. The summed E-state index contributed by atoms with van der Waals surface area (Å²) in [5, 5.41) is 35.5. The van der Waals surface area contributed by atoms with Gasteiger partial charge in [0.05, 0.1) is 36.1 Å². The second kappa shape index (κ2) is 7.81. The van der Waals surface area contributed by atoms with Crippen LogP contribution in [0.15, 0.2) is 54.6 Å². The normalized spacial score (nSPS) is 24.5. The van der Waals surface area contributed by atoms with E-state index in [1.54, 1.807) is 37.3 Å². The molecule has 7 rings (SSSR count). The number of benzene rings is 3. The van der Waals surface area contributed by atoms with E-state index in [0.717, 1.165) is 0 Å². The number of aromatic nitrogens is 1.